The van der Waals surface area contributed by atoms with Crippen molar-refractivity contribution in [2.75, 3.05) is 0 Å². The van der Waals surface area contributed by atoms with Crippen LogP contribution >= 0.6 is 39.1 Å². The van der Waals surface area contributed by atoms with Gasteiger partial charge in [-0.1, -0.05) is 30.1 Å². The molecule has 0 bridgehead atoms. The second-order valence-electron chi connectivity index (χ2n) is 3.59. The number of hydrogen-bond acceptors (Lipinski definition) is 2. The fourth-order valence-corrected chi connectivity index (χ4v) is 2.70. The maximum absolute atomic E-state index is 13.0. The van der Waals surface area contributed by atoms with Gasteiger partial charge >= 0.3 is 0 Å². The van der Waals surface area contributed by atoms with E-state index in [0.29, 0.717) is 38.2 Å². The van der Waals surface area contributed by atoms with Gasteiger partial charge in [-0.2, -0.15) is 0 Å². The number of halogens is 4. The fourth-order valence-electron chi connectivity index (χ4n) is 1.51. The zero-order chi connectivity index (χ0) is 13.3. The molecule has 1 aromatic carbocycles. The van der Waals surface area contributed by atoms with Gasteiger partial charge in [0.1, 0.15) is 16.1 Å². The van der Waals surface area contributed by atoms with E-state index in [1.165, 1.54) is 12.1 Å². The van der Waals surface area contributed by atoms with Crippen LogP contribution < -0.4 is 0 Å². The molecular weight excluding hydrogens is 342 g/mol. The van der Waals surface area contributed by atoms with E-state index in [-0.39, 0.29) is 5.82 Å². The lowest BCUT2D eigenvalue weighted by Gasteiger charge is -2.07. The van der Waals surface area contributed by atoms with E-state index < -0.39 is 0 Å². The van der Waals surface area contributed by atoms with Gasteiger partial charge in [0, 0.05) is 15.6 Å². The molecule has 0 unspecified atom stereocenters. The van der Waals surface area contributed by atoms with Gasteiger partial charge in [0.2, 0.25) is 0 Å². The Hall–Kier alpha value is -0.710. The molecule has 0 N–H and O–H groups in total. The smallest absolute Gasteiger partial charge is 0.163 e. The van der Waals surface area contributed by atoms with Crippen molar-refractivity contribution in [3.63, 3.8) is 0 Å². The molecule has 0 saturated carbocycles. The molecule has 0 spiro atoms. The van der Waals surface area contributed by atoms with E-state index >= 15 is 0 Å². The zero-order valence-corrected chi connectivity index (χ0v) is 12.4. The maximum Gasteiger partial charge on any atom is 0.163 e. The van der Waals surface area contributed by atoms with Crippen LogP contribution in [-0.2, 0) is 6.42 Å². The first-order valence-corrected chi connectivity index (χ1v) is 6.75. The van der Waals surface area contributed by atoms with Crippen LogP contribution in [-0.4, -0.2) is 9.97 Å². The van der Waals surface area contributed by atoms with Crippen LogP contribution in [0, 0.1) is 5.82 Å². The number of nitrogens with zero attached hydrogens (tertiary/aromatic N) is 2. The van der Waals surface area contributed by atoms with Gasteiger partial charge in [-0.15, -0.1) is 0 Å². The van der Waals surface area contributed by atoms with Gasteiger partial charge in [-0.3, -0.25) is 0 Å². The molecule has 6 heteroatoms. The molecule has 2 aromatic rings. The molecule has 94 valence electrons. The van der Waals surface area contributed by atoms with Crippen LogP contribution in [0.3, 0.4) is 0 Å². The van der Waals surface area contributed by atoms with Gasteiger partial charge in [0.25, 0.3) is 0 Å². The Morgan fingerprint density at radius 1 is 1.22 bits per heavy atom. The van der Waals surface area contributed by atoms with Crippen LogP contribution in [0.1, 0.15) is 12.5 Å². The Labute approximate surface area is 122 Å². The van der Waals surface area contributed by atoms with Crippen molar-refractivity contribution in [1.82, 2.24) is 9.97 Å². The van der Waals surface area contributed by atoms with Crippen LogP contribution in [0.4, 0.5) is 4.39 Å². The lowest BCUT2D eigenvalue weighted by molar-refractivity contribution is 0.627. The third-order valence-electron chi connectivity index (χ3n) is 2.43. The summed E-state index contributed by atoms with van der Waals surface area (Å²) in [6, 6.07) is 4.25. The lowest BCUT2D eigenvalue weighted by atomic mass is 10.2. The minimum Gasteiger partial charge on any atom is -0.216 e. The van der Waals surface area contributed by atoms with Gasteiger partial charge in [-0.25, -0.2) is 14.4 Å². The standard InChI is InChI=1S/C12H8BrCl2FN2/c1-2-7-10(14)17-12(18-11(7)15)8-4-3-6(16)5-9(8)13/h3-5H,2H2,1H3. The number of aromatic nitrogens is 2. The van der Waals surface area contributed by atoms with Crippen molar-refractivity contribution in [1.29, 1.82) is 0 Å². The van der Waals surface area contributed by atoms with Crippen molar-refractivity contribution in [3.05, 3.63) is 44.4 Å². The van der Waals surface area contributed by atoms with Crippen molar-refractivity contribution in [3.8, 4) is 11.4 Å². The normalized spacial score (nSPS) is 10.7. The third-order valence-corrected chi connectivity index (χ3v) is 3.71. The Morgan fingerprint density at radius 2 is 1.83 bits per heavy atom. The molecule has 0 amide bonds. The minimum absolute atomic E-state index is 0.323. The highest BCUT2D eigenvalue weighted by atomic mass is 79.9. The second-order valence-corrected chi connectivity index (χ2v) is 5.16. The van der Waals surface area contributed by atoms with Gasteiger partial charge in [-0.05, 0) is 40.5 Å². The molecule has 0 aliphatic heterocycles. The lowest BCUT2D eigenvalue weighted by Crippen LogP contribution is -1.97. The summed E-state index contributed by atoms with van der Waals surface area (Å²) in [5, 5.41) is 0.646. The summed E-state index contributed by atoms with van der Waals surface area (Å²) in [4.78, 5) is 8.37. The molecule has 1 aromatic heterocycles. The maximum atomic E-state index is 13.0. The molecule has 0 atom stereocenters. The summed E-state index contributed by atoms with van der Waals surface area (Å²) in [5.41, 5.74) is 1.35. The summed E-state index contributed by atoms with van der Waals surface area (Å²) in [6.07, 6.45) is 0.655. The van der Waals surface area contributed by atoms with E-state index in [4.69, 9.17) is 23.2 Å². The Morgan fingerprint density at radius 3 is 2.33 bits per heavy atom. The first-order chi connectivity index (χ1) is 8.52. The number of hydrogen-bond donors (Lipinski definition) is 0. The predicted octanol–water partition coefficient (Wildman–Crippen LogP) is 4.91. The molecule has 2 nitrogen and oxygen atoms in total. The van der Waals surface area contributed by atoms with Gasteiger partial charge in [0.15, 0.2) is 5.82 Å². The Balaban J connectivity index is 2.58. The summed E-state index contributed by atoms with van der Waals surface area (Å²) in [6.45, 7) is 1.92. The highest BCUT2D eigenvalue weighted by molar-refractivity contribution is 9.10. The summed E-state index contributed by atoms with van der Waals surface area (Å²) < 4.78 is 13.6. The molecule has 0 aliphatic carbocycles. The van der Waals surface area contributed by atoms with Gasteiger partial charge < -0.3 is 0 Å². The summed E-state index contributed by atoms with van der Waals surface area (Å²) >= 11 is 15.3. The zero-order valence-electron chi connectivity index (χ0n) is 9.35. The highest BCUT2D eigenvalue weighted by Crippen LogP contribution is 2.30. The van der Waals surface area contributed by atoms with Crippen molar-refractivity contribution >= 4 is 39.1 Å². The topological polar surface area (TPSA) is 25.8 Å². The molecule has 18 heavy (non-hydrogen) atoms. The van der Waals surface area contributed by atoms with E-state index in [1.54, 1.807) is 6.07 Å². The number of rotatable bonds is 2. The molecule has 0 aliphatic rings. The van der Waals surface area contributed by atoms with Crippen molar-refractivity contribution < 1.29 is 4.39 Å². The van der Waals surface area contributed by atoms with E-state index in [9.17, 15) is 4.39 Å². The molecule has 1 heterocycles. The van der Waals surface area contributed by atoms with Crippen LogP contribution in [0.2, 0.25) is 10.3 Å². The predicted molar refractivity (Wildman–Crippen MR) is 74.5 cm³/mol. The average molecular weight is 350 g/mol. The molecule has 0 saturated heterocycles. The largest absolute Gasteiger partial charge is 0.216 e. The van der Waals surface area contributed by atoms with Crippen LogP contribution in [0.15, 0.2) is 22.7 Å². The highest BCUT2D eigenvalue weighted by Gasteiger charge is 2.13. The molecule has 0 fully saturated rings. The third kappa shape index (κ3) is 2.66. The van der Waals surface area contributed by atoms with E-state index in [0.717, 1.165) is 0 Å². The fraction of sp³-hybridized carbons (Fsp3) is 0.167. The average Bonchev–Trinajstić information content (AvgIpc) is 2.28. The van der Waals surface area contributed by atoms with Crippen LogP contribution in [0.5, 0.6) is 0 Å². The number of benzene rings is 1. The summed E-state index contributed by atoms with van der Waals surface area (Å²) in [5.74, 6) is 0.0297. The SMILES string of the molecule is CCc1c(Cl)nc(-c2ccc(F)cc2Br)nc1Cl. The molecule has 0 radical (unpaired) electrons. The van der Waals surface area contributed by atoms with Crippen LogP contribution in [0.25, 0.3) is 11.4 Å². The second kappa shape index (κ2) is 5.51. The molecular formula is C12H8BrCl2FN2. The summed E-state index contributed by atoms with van der Waals surface area (Å²) in [7, 11) is 0. The minimum atomic E-state index is -0.340. The Kier molecular flexibility index (Phi) is 4.20. The van der Waals surface area contributed by atoms with E-state index in [2.05, 4.69) is 25.9 Å². The van der Waals surface area contributed by atoms with Crippen molar-refractivity contribution in [2.24, 2.45) is 0 Å². The van der Waals surface area contributed by atoms with E-state index in [1.807, 2.05) is 6.92 Å². The Bertz CT molecular complexity index is 582. The van der Waals surface area contributed by atoms with Gasteiger partial charge in [0.05, 0.1) is 0 Å². The van der Waals surface area contributed by atoms with Crippen molar-refractivity contribution in [2.45, 2.75) is 13.3 Å². The quantitative estimate of drug-likeness (QED) is 0.719. The monoisotopic (exact) mass is 348 g/mol. The molecule has 2 rings (SSSR count). The first-order valence-electron chi connectivity index (χ1n) is 5.20. The first kappa shape index (κ1) is 13.7.